The number of aryl methyl sites for hydroxylation is 1. The van der Waals surface area contributed by atoms with Gasteiger partial charge in [-0.15, -0.1) is 0 Å². The number of aromatic amines is 1. The fourth-order valence-electron chi connectivity index (χ4n) is 3.80. The lowest BCUT2D eigenvalue weighted by Gasteiger charge is -2.27. The zero-order valence-electron chi connectivity index (χ0n) is 19.2. The van der Waals surface area contributed by atoms with Gasteiger partial charge in [0.15, 0.2) is 11.5 Å². The molecule has 2 atom stereocenters. The molecule has 1 aromatic carbocycles. The van der Waals surface area contributed by atoms with E-state index < -0.39 is 29.8 Å². The molecule has 1 aliphatic heterocycles. The van der Waals surface area contributed by atoms with Crippen molar-refractivity contribution in [3.05, 3.63) is 53.6 Å². The third-order valence-corrected chi connectivity index (χ3v) is 6.48. The number of piperidine rings is 1. The molecule has 1 saturated heterocycles. The number of benzene rings is 1. The maximum absolute atomic E-state index is 14.9. The Balaban J connectivity index is 1.39. The second kappa shape index (κ2) is 10.1. The molecule has 0 saturated carbocycles. The SMILES string of the molecule is Cc1[nH]nc2nc(-c3ccc(NSc4cc(C(F)(F)F)ccn4)c(F)c3)nc(OC3CCNCC3F)c12. The lowest BCUT2D eigenvalue weighted by molar-refractivity contribution is -0.137. The number of nitrogens with one attached hydrogen (secondary N) is 3. The Morgan fingerprint density at radius 1 is 1.16 bits per heavy atom. The van der Waals surface area contributed by atoms with Crippen LogP contribution in [0.4, 0.5) is 27.6 Å². The van der Waals surface area contributed by atoms with Crippen LogP contribution in [0.3, 0.4) is 0 Å². The van der Waals surface area contributed by atoms with Crippen LogP contribution in [0.5, 0.6) is 5.88 Å². The van der Waals surface area contributed by atoms with Gasteiger partial charge in [-0.3, -0.25) is 5.10 Å². The van der Waals surface area contributed by atoms with E-state index in [1.165, 1.54) is 12.1 Å². The predicted molar refractivity (Wildman–Crippen MR) is 127 cm³/mol. The third kappa shape index (κ3) is 5.44. The molecule has 0 bridgehead atoms. The third-order valence-electron chi connectivity index (χ3n) is 5.73. The van der Waals surface area contributed by atoms with Crippen molar-refractivity contribution in [2.75, 3.05) is 17.8 Å². The van der Waals surface area contributed by atoms with Gasteiger partial charge in [-0.25, -0.2) is 18.7 Å². The van der Waals surface area contributed by atoms with E-state index in [-0.39, 0.29) is 34.6 Å². The molecule has 3 aromatic heterocycles. The van der Waals surface area contributed by atoms with E-state index in [1.807, 2.05) is 0 Å². The molecule has 4 heterocycles. The van der Waals surface area contributed by atoms with Crippen molar-refractivity contribution in [3.63, 3.8) is 0 Å². The van der Waals surface area contributed by atoms with Gasteiger partial charge in [0.1, 0.15) is 28.5 Å². The summed E-state index contributed by atoms with van der Waals surface area (Å²) in [7, 11) is 0. The second-order valence-electron chi connectivity index (χ2n) is 8.34. The Morgan fingerprint density at radius 3 is 2.76 bits per heavy atom. The molecule has 8 nitrogen and oxygen atoms in total. The van der Waals surface area contributed by atoms with Crippen molar-refractivity contribution in [2.24, 2.45) is 0 Å². The van der Waals surface area contributed by atoms with Gasteiger partial charge < -0.3 is 14.8 Å². The van der Waals surface area contributed by atoms with Crippen molar-refractivity contribution in [1.82, 2.24) is 30.5 Å². The van der Waals surface area contributed by atoms with Crippen molar-refractivity contribution in [1.29, 1.82) is 0 Å². The highest BCUT2D eigenvalue weighted by atomic mass is 32.2. The summed E-state index contributed by atoms with van der Waals surface area (Å²) in [6.07, 6.45) is -4.95. The zero-order chi connectivity index (χ0) is 26.2. The summed E-state index contributed by atoms with van der Waals surface area (Å²) in [4.78, 5) is 12.7. The van der Waals surface area contributed by atoms with Gasteiger partial charge >= 0.3 is 6.18 Å². The summed E-state index contributed by atoms with van der Waals surface area (Å²) in [5.41, 5.74) is 0.406. The first-order chi connectivity index (χ1) is 17.7. The summed E-state index contributed by atoms with van der Waals surface area (Å²) in [6, 6.07) is 5.84. The topological polar surface area (TPSA) is 101 Å². The molecular formula is C23H20F5N7OS. The number of anilines is 1. The van der Waals surface area contributed by atoms with Crippen LogP contribution in [0.15, 0.2) is 41.6 Å². The Kier molecular flexibility index (Phi) is 6.86. The smallest absolute Gasteiger partial charge is 0.416 e. The lowest BCUT2D eigenvalue weighted by atomic mass is 10.1. The van der Waals surface area contributed by atoms with Gasteiger partial charge in [0.05, 0.1) is 11.3 Å². The lowest BCUT2D eigenvalue weighted by Crippen LogP contribution is -2.44. The molecule has 0 spiro atoms. The normalized spacial score (nSPS) is 18.2. The minimum absolute atomic E-state index is 0.0202. The van der Waals surface area contributed by atoms with E-state index >= 15 is 0 Å². The maximum atomic E-state index is 14.9. The molecule has 1 aliphatic rings. The van der Waals surface area contributed by atoms with Gasteiger partial charge in [-0.2, -0.15) is 23.3 Å². The van der Waals surface area contributed by atoms with Crippen LogP contribution >= 0.6 is 11.9 Å². The van der Waals surface area contributed by atoms with Crippen molar-refractivity contribution in [3.8, 4) is 17.3 Å². The van der Waals surface area contributed by atoms with Crippen LogP contribution in [0.1, 0.15) is 17.7 Å². The van der Waals surface area contributed by atoms with Gasteiger partial charge in [-0.1, -0.05) is 0 Å². The first-order valence-corrected chi connectivity index (χ1v) is 12.0. The number of hydrogen-bond donors (Lipinski definition) is 3. The van der Waals surface area contributed by atoms with E-state index in [9.17, 15) is 22.0 Å². The molecule has 14 heteroatoms. The highest BCUT2D eigenvalue weighted by molar-refractivity contribution is 8.00. The van der Waals surface area contributed by atoms with E-state index in [4.69, 9.17) is 4.74 Å². The summed E-state index contributed by atoms with van der Waals surface area (Å²) in [5.74, 6) is -0.422. The monoisotopic (exact) mass is 537 g/mol. The highest BCUT2D eigenvalue weighted by Gasteiger charge is 2.31. The number of pyridine rings is 1. The van der Waals surface area contributed by atoms with Crippen molar-refractivity contribution in [2.45, 2.75) is 36.8 Å². The molecule has 4 aromatic rings. The van der Waals surface area contributed by atoms with Gasteiger partial charge in [0.25, 0.3) is 0 Å². The van der Waals surface area contributed by atoms with Crippen LogP contribution in [-0.4, -0.2) is 50.5 Å². The van der Waals surface area contributed by atoms with E-state index in [1.54, 1.807) is 13.0 Å². The average molecular weight is 538 g/mol. The summed E-state index contributed by atoms with van der Waals surface area (Å²) in [5, 5.41) is 10.4. The van der Waals surface area contributed by atoms with E-state index in [0.717, 1.165) is 30.3 Å². The van der Waals surface area contributed by atoms with Crippen LogP contribution in [-0.2, 0) is 6.18 Å². The van der Waals surface area contributed by atoms with Crippen LogP contribution in [0.2, 0.25) is 0 Å². The van der Waals surface area contributed by atoms with E-state index in [0.29, 0.717) is 29.6 Å². The Hall–Kier alpha value is -3.52. The minimum Gasteiger partial charge on any atom is -0.471 e. The first kappa shape index (κ1) is 25.1. The number of H-pyrrole nitrogens is 1. The minimum atomic E-state index is -4.51. The van der Waals surface area contributed by atoms with Gasteiger partial charge in [-0.05, 0) is 50.2 Å². The predicted octanol–water partition coefficient (Wildman–Crippen LogP) is 5.08. The molecular weight excluding hydrogens is 517 g/mol. The Labute approximate surface area is 211 Å². The second-order valence-corrected chi connectivity index (χ2v) is 9.17. The maximum Gasteiger partial charge on any atom is 0.416 e. The van der Waals surface area contributed by atoms with Gasteiger partial charge in [0.2, 0.25) is 5.88 Å². The number of alkyl halides is 4. The number of rotatable bonds is 6. The highest BCUT2D eigenvalue weighted by Crippen LogP contribution is 2.33. The van der Waals surface area contributed by atoms with E-state index in [2.05, 4.69) is 35.2 Å². The Bertz CT molecular complexity index is 1430. The molecule has 0 aliphatic carbocycles. The molecule has 37 heavy (non-hydrogen) atoms. The van der Waals surface area contributed by atoms with Crippen LogP contribution < -0.4 is 14.8 Å². The number of hydrogen-bond acceptors (Lipinski definition) is 8. The number of ether oxygens (including phenoxy) is 1. The molecule has 2 unspecified atom stereocenters. The zero-order valence-corrected chi connectivity index (χ0v) is 20.1. The van der Waals surface area contributed by atoms with Crippen LogP contribution in [0.25, 0.3) is 22.4 Å². The Morgan fingerprint density at radius 2 is 2.00 bits per heavy atom. The largest absolute Gasteiger partial charge is 0.471 e. The molecule has 0 amide bonds. The summed E-state index contributed by atoms with van der Waals surface area (Å²) < 4.78 is 76.6. The van der Waals surface area contributed by atoms with Crippen molar-refractivity contribution >= 4 is 28.7 Å². The number of nitrogens with zero attached hydrogens (tertiary/aromatic N) is 4. The standard InChI is InChI=1S/C23H20F5N7OS/c1-11-19-21(34-33-11)31-20(32-22(19)36-17-5-6-29-10-15(17)25)12-2-3-16(14(24)8-12)35-37-18-9-13(4-7-30-18)23(26,27)28/h2-4,7-9,15,17,29,35H,5-6,10H2,1H3,(H,31,32,33,34). The molecule has 3 N–H and O–H groups in total. The van der Waals surface area contributed by atoms with Crippen molar-refractivity contribution < 1.29 is 26.7 Å². The average Bonchev–Trinajstić information content (AvgIpc) is 3.25. The molecule has 0 radical (unpaired) electrons. The van der Waals surface area contributed by atoms with Crippen LogP contribution in [0, 0.1) is 12.7 Å². The first-order valence-electron chi connectivity index (χ1n) is 11.2. The van der Waals surface area contributed by atoms with Gasteiger partial charge in [0, 0.05) is 35.9 Å². The number of fused-ring (bicyclic) bond motifs is 1. The quantitative estimate of drug-likeness (QED) is 0.231. The molecule has 1 fully saturated rings. The summed E-state index contributed by atoms with van der Waals surface area (Å²) in [6.45, 7) is 2.53. The fraction of sp³-hybridized carbons (Fsp3) is 0.304. The molecule has 194 valence electrons. The fourth-order valence-corrected chi connectivity index (χ4v) is 4.48. The number of halogens is 5. The summed E-state index contributed by atoms with van der Waals surface area (Å²) >= 11 is 0.739. The molecule has 5 rings (SSSR count). The number of aromatic nitrogens is 5.